The van der Waals surface area contributed by atoms with Crippen molar-refractivity contribution in [1.29, 1.82) is 0 Å². The largest absolute Gasteiger partial charge is 0.493 e. The number of benzene rings is 1. The van der Waals surface area contributed by atoms with Crippen molar-refractivity contribution in [3.05, 3.63) is 54.0 Å². The van der Waals surface area contributed by atoms with E-state index in [9.17, 15) is 9.59 Å². The Bertz CT molecular complexity index is 749. The van der Waals surface area contributed by atoms with Crippen LogP contribution in [0.3, 0.4) is 0 Å². The third kappa shape index (κ3) is 5.36. The van der Waals surface area contributed by atoms with Gasteiger partial charge in [0.25, 0.3) is 5.91 Å². The standard InChI is InChI=1S/C21H26N2O4/c1-16-6-2-3-7-18(16)26-15-5-9-20(24)22-17-10-12-23(13-11-17)21(25)19-8-4-14-27-19/h2-4,6-8,14,17H,5,9-13,15H2,1H3,(H,22,24). The quantitative estimate of drug-likeness (QED) is 0.760. The number of ether oxygens (including phenoxy) is 1. The summed E-state index contributed by atoms with van der Waals surface area (Å²) in [7, 11) is 0. The molecule has 0 bridgehead atoms. The molecule has 1 aliphatic heterocycles. The highest BCUT2D eigenvalue weighted by Crippen LogP contribution is 2.17. The zero-order valence-corrected chi connectivity index (χ0v) is 15.6. The van der Waals surface area contributed by atoms with E-state index >= 15 is 0 Å². The van der Waals surface area contributed by atoms with E-state index in [1.165, 1.54) is 6.26 Å². The van der Waals surface area contributed by atoms with Crippen molar-refractivity contribution >= 4 is 11.8 Å². The number of furan rings is 1. The van der Waals surface area contributed by atoms with E-state index in [4.69, 9.17) is 9.15 Å². The predicted octanol–water partition coefficient (Wildman–Crippen LogP) is 3.17. The fourth-order valence-corrected chi connectivity index (χ4v) is 3.22. The second-order valence-corrected chi connectivity index (χ2v) is 6.83. The van der Waals surface area contributed by atoms with Gasteiger partial charge in [0, 0.05) is 25.6 Å². The molecule has 1 N–H and O–H groups in total. The number of hydrogen-bond donors (Lipinski definition) is 1. The Kier molecular flexibility index (Phi) is 6.52. The fraction of sp³-hybridized carbons (Fsp3) is 0.429. The molecule has 2 aromatic rings. The molecule has 0 unspecified atom stereocenters. The summed E-state index contributed by atoms with van der Waals surface area (Å²) < 4.78 is 10.9. The summed E-state index contributed by atoms with van der Waals surface area (Å²) in [6.07, 6.45) is 4.15. The average molecular weight is 370 g/mol. The van der Waals surface area contributed by atoms with Gasteiger partial charge in [-0.2, -0.15) is 0 Å². The van der Waals surface area contributed by atoms with Gasteiger partial charge in [-0.1, -0.05) is 18.2 Å². The molecule has 3 rings (SSSR count). The molecular weight excluding hydrogens is 344 g/mol. The summed E-state index contributed by atoms with van der Waals surface area (Å²) in [6, 6.07) is 11.4. The maximum absolute atomic E-state index is 12.2. The summed E-state index contributed by atoms with van der Waals surface area (Å²) in [4.78, 5) is 26.1. The molecule has 27 heavy (non-hydrogen) atoms. The minimum Gasteiger partial charge on any atom is -0.493 e. The number of piperidine rings is 1. The van der Waals surface area contributed by atoms with Crippen molar-refractivity contribution in [2.24, 2.45) is 0 Å². The number of amides is 2. The number of nitrogens with one attached hydrogen (secondary N) is 1. The lowest BCUT2D eigenvalue weighted by atomic mass is 10.0. The molecule has 1 aromatic carbocycles. The van der Waals surface area contributed by atoms with Crippen LogP contribution in [0.1, 0.15) is 41.8 Å². The van der Waals surface area contributed by atoms with Crippen molar-refractivity contribution < 1.29 is 18.7 Å². The predicted molar refractivity (Wildman–Crippen MR) is 102 cm³/mol. The number of carbonyl (C=O) groups is 2. The molecule has 0 spiro atoms. The lowest BCUT2D eigenvalue weighted by Gasteiger charge is -2.31. The number of aryl methyl sites for hydroxylation is 1. The van der Waals surface area contributed by atoms with Crippen LogP contribution in [-0.4, -0.2) is 42.5 Å². The van der Waals surface area contributed by atoms with Crippen LogP contribution in [0.2, 0.25) is 0 Å². The van der Waals surface area contributed by atoms with Crippen molar-refractivity contribution in [3.63, 3.8) is 0 Å². The Morgan fingerprint density at radius 3 is 2.67 bits per heavy atom. The smallest absolute Gasteiger partial charge is 0.289 e. The third-order valence-electron chi connectivity index (χ3n) is 4.78. The lowest BCUT2D eigenvalue weighted by molar-refractivity contribution is -0.122. The number of para-hydroxylation sites is 1. The maximum atomic E-state index is 12.2. The molecule has 2 heterocycles. The highest BCUT2D eigenvalue weighted by molar-refractivity contribution is 5.91. The molecule has 2 amide bonds. The number of rotatable bonds is 7. The molecular formula is C21H26N2O4. The van der Waals surface area contributed by atoms with E-state index in [-0.39, 0.29) is 17.9 Å². The number of carbonyl (C=O) groups excluding carboxylic acids is 2. The second kappa shape index (κ2) is 9.26. The monoisotopic (exact) mass is 370 g/mol. The Morgan fingerprint density at radius 1 is 1.19 bits per heavy atom. The summed E-state index contributed by atoms with van der Waals surface area (Å²) >= 11 is 0. The molecule has 0 atom stereocenters. The molecule has 1 aliphatic rings. The zero-order chi connectivity index (χ0) is 19.1. The first kappa shape index (κ1) is 19.0. The highest BCUT2D eigenvalue weighted by atomic mass is 16.5. The van der Waals surface area contributed by atoms with Crippen LogP contribution >= 0.6 is 0 Å². The van der Waals surface area contributed by atoms with E-state index in [2.05, 4.69) is 5.32 Å². The Hall–Kier alpha value is -2.76. The summed E-state index contributed by atoms with van der Waals surface area (Å²) in [5.41, 5.74) is 1.10. The van der Waals surface area contributed by atoms with Crippen molar-refractivity contribution in [3.8, 4) is 5.75 Å². The van der Waals surface area contributed by atoms with E-state index in [1.54, 1.807) is 17.0 Å². The van der Waals surface area contributed by atoms with E-state index < -0.39 is 0 Å². The van der Waals surface area contributed by atoms with Crippen LogP contribution in [0.15, 0.2) is 47.1 Å². The van der Waals surface area contributed by atoms with Gasteiger partial charge in [0.1, 0.15) is 5.75 Å². The van der Waals surface area contributed by atoms with Crippen LogP contribution in [0.4, 0.5) is 0 Å². The summed E-state index contributed by atoms with van der Waals surface area (Å²) in [5.74, 6) is 1.19. The van der Waals surface area contributed by atoms with Crippen LogP contribution in [-0.2, 0) is 4.79 Å². The molecule has 0 radical (unpaired) electrons. The first-order chi connectivity index (χ1) is 13.1. The van der Waals surface area contributed by atoms with Gasteiger partial charge in [0.15, 0.2) is 5.76 Å². The third-order valence-corrected chi connectivity index (χ3v) is 4.78. The molecule has 1 fully saturated rings. The minimum absolute atomic E-state index is 0.0409. The van der Waals surface area contributed by atoms with Gasteiger partial charge in [0.05, 0.1) is 12.9 Å². The number of hydrogen-bond acceptors (Lipinski definition) is 4. The Labute approximate surface area is 159 Å². The average Bonchev–Trinajstić information content (AvgIpc) is 3.21. The van der Waals surface area contributed by atoms with Gasteiger partial charge in [-0.05, 0) is 49.9 Å². The van der Waals surface area contributed by atoms with Crippen LogP contribution in [0.5, 0.6) is 5.75 Å². The summed E-state index contributed by atoms with van der Waals surface area (Å²) in [5, 5.41) is 3.07. The van der Waals surface area contributed by atoms with Gasteiger partial charge in [0.2, 0.25) is 5.91 Å². The number of nitrogens with zero attached hydrogens (tertiary/aromatic N) is 1. The van der Waals surface area contributed by atoms with Crippen molar-refractivity contribution in [2.75, 3.05) is 19.7 Å². The summed E-state index contributed by atoms with van der Waals surface area (Å²) in [6.45, 7) is 3.78. The molecule has 0 aliphatic carbocycles. The normalized spacial score (nSPS) is 14.8. The molecule has 1 saturated heterocycles. The highest BCUT2D eigenvalue weighted by Gasteiger charge is 2.25. The van der Waals surface area contributed by atoms with Crippen molar-refractivity contribution in [1.82, 2.24) is 10.2 Å². The first-order valence-corrected chi connectivity index (χ1v) is 9.44. The van der Waals surface area contributed by atoms with Crippen LogP contribution < -0.4 is 10.1 Å². The van der Waals surface area contributed by atoms with E-state index in [1.807, 2.05) is 31.2 Å². The maximum Gasteiger partial charge on any atom is 0.289 e. The molecule has 1 aromatic heterocycles. The van der Waals surface area contributed by atoms with Gasteiger partial charge < -0.3 is 19.4 Å². The van der Waals surface area contributed by atoms with Crippen LogP contribution in [0, 0.1) is 6.92 Å². The van der Waals surface area contributed by atoms with Crippen LogP contribution in [0.25, 0.3) is 0 Å². The van der Waals surface area contributed by atoms with Crippen molar-refractivity contribution in [2.45, 2.75) is 38.6 Å². The van der Waals surface area contributed by atoms with Gasteiger partial charge in [-0.25, -0.2) is 0 Å². The molecule has 6 nitrogen and oxygen atoms in total. The molecule has 6 heteroatoms. The Morgan fingerprint density at radius 2 is 1.96 bits per heavy atom. The van der Waals surface area contributed by atoms with Gasteiger partial charge >= 0.3 is 0 Å². The number of likely N-dealkylation sites (tertiary alicyclic amines) is 1. The second-order valence-electron chi connectivity index (χ2n) is 6.83. The van der Waals surface area contributed by atoms with E-state index in [0.717, 1.165) is 24.2 Å². The molecule has 144 valence electrons. The molecule has 0 saturated carbocycles. The zero-order valence-electron chi connectivity index (χ0n) is 15.6. The van der Waals surface area contributed by atoms with Gasteiger partial charge in [-0.15, -0.1) is 0 Å². The lowest BCUT2D eigenvalue weighted by Crippen LogP contribution is -2.46. The first-order valence-electron chi connectivity index (χ1n) is 9.44. The van der Waals surface area contributed by atoms with E-state index in [0.29, 0.717) is 38.3 Å². The fourth-order valence-electron chi connectivity index (χ4n) is 3.22. The Balaban J connectivity index is 1.32. The SMILES string of the molecule is Cc1ccccc1OCCCC(=O)NC1CCN(C(=O)c2ccco2)CC1. The minimum atomic E-state index is -0.0851. The van der Waals surface area contributed by atoms with Gasteiger partial charge in [-0.3, -0.25) is 9.59 Å². The topological polar surface area (TPSA) is 71.8 Å².